The molecule has 0 saturated carbocycles. The number of nitrogens with zero attached hydrogens (tertiary/aromatic N) is 1. The summed E-state index contributed by atoms with van der Waals surface area (Å²) in [5.74, 6) is -1.38. The van der Waals surface area contributed by atoms with Crippen LogP contribution < -0.4 is 5.32 Å². The quantitative estimate of drug-likeness (QED) is 0.896. The van der Waals surface area contributed by atoms with Crippen molar-refractivity contribution in [2.75, 3.05) is 19.6 Å². The minimum Gasteiger partial charge on any atom is -0.481 e. The maximum atomic E-state index is 13.0. The first-order chi connectivity index (χ1) is 10.5. The zero-order chi connectivity index (χ0) is 16.1. The summed E-state index contributed by atoms with van der Waals surface area (Å²) in [4.78, 5) is 24.5. The number of carboxylic acids is 1. The number of carbonyl (C=O) groups is 2. The van der Waals surface area contributed by atoms with Crippen molar-refractivity contribution in [2.24, 2.45) is 5.92 Å². The summed E-state index contributed by atoms with van der Waals surface area (Å²) in [5, 5.41) is 11.8. The second-order valence-corrected chi connectivity index (χ2v) is 5.65. The third-order valence-electron chi connectivity index (χ3n) is 4.11. The molecule has 2 rings (SSSR count). The molecular formula is C16H21FN2O3. The van der Waals surface area contributed by atoms with Crippen molar-refractivity contribution < 1.29 is 19.1 Å². The minimum atomic E-state index is -0.785. The normalized spacial score (nSPS) is 15.6. The number of aliphatic carboxylic acids is 1. The van der Waals surface area contributed by atoms with Gasteiger partial charge in [0, 0.05) is 19.6 Å². The summed E-state index contributed by atoms with van der Waals surface area (Å²) in [6, 6.07) is 4.47. The van der Waals surface area contributed by atoms with E-state index in [1.807, 2.05) is 6.92 Å². The molecule has 2 amide bonds. The van der Waals surface area contributed by atoms with E-state index in [2.05, 4.69) is 5.32 Å². The Morgan fingerprint density at radius 2 is 2.05 bits per heavy atom. The van der Waals surface area contributed by atoms with Crippen molar-refractivity contribution in [1.29, 1.82) is 0 Å². The van der Waals surface area contributed by atoms with Crippen LogP contribution in [-0.2, 0) is 11.2 Å². The summed E-state index contributed by atoms with van der Waals surface area (Å²) in [6.07, 6.45) is 1.64. The van der Waals surface area contributed by atoms with Gasteiger partial charge >= 0.3 is 12.0 Å². The lowest BCUT2D eigenvalue weighted by Crippen LogP contribution is -2.45. The van der Waals surface area contributed by atoms with Gasteiger partial charge in [-0.2, -0.15) is 0 Å². The Hall–Kier alpha value is -2.11. The van der Waals surface area contributed by atoms with Gasteiger partial charge < -0.3 is 15.3 Å². The number of carboxylic acid groups (broad SMARTS) is 1. The molecule has 0 unspecified atom stereocenters. The molecule has 1 aliphatic rings. The predicted octanol–water partition coefficient (Wildman–Crippen LogP) is 2.18. The molecule has 1 aliphatic heterocycles. The molecule has 22 heavy (non-hydrogen) atoms. The Kier molecular flexibility index (Phi) is 5.35. The van der Waals surface area contributed by atoms with E-state index in [9.17, 15) is 14.0 Å². The van der Waals surface area contributed by atoms with Crippen LogP contribution >= 0.6 is 0 Å². The van der Waals surface area contributed by atoms with E-state index in [-0.39, 0.29) is 17.8 Å². The molecule has 0 spiro atoms. The fourth-order valence-corrected chi connectivity index (χ4v) is 2.69. The highest BCUT2D eigenvalue weighted by atomic mass is 19.1. The van der Waals surface area contributed by atoms with Crippen LogP contribution in [0.2, 0.25) is 0 Å². The number of carbonyl (C=O) groups excluding carboxylic acids is 1. The van der Waals surface area contributed by atoms with E-state index in [1.165, 1.54) is 12.1 Å². The Labute approximate surface area is 129 Å². The number of likely N-dealkylation sites (tertiary alicyclic amines) is 1. The highest BCUT2D eigenvalue weighted by Crippen LogP contribution is 2.17. The number of hydrogen-bond acceptors (Lipinski definition) is 2. The van der Waals surface area contributed by atoms with Crippen LogP contribution in [0.3, 0.4) is 0 Å². The first-order valence-electron chi connectivity index (χ1n) is 7.48. The molecular weight excluding hydrogens is 287 g/mol. The molecule has 5 nitrogen and oxygen atoms in total. The molecule has 1 saturated heterocycles. The van der Waals surface area contributed by atoms with Gasteiger partial charge in [-0.25, -0.2) is 9.18 Å². The van der Waals surface area contributed by atoms with Crippen molar-refractivity contribution in [3.05, 3.63) is 35.1 Å². The fraction of sp³-hybridized carbons (Fsp3) is 0.500. The first kappa shape index (κ1) is 16.3. The van der Waals surface area contributed by atoms with Crippen LogP contribution in [0, 0.1) is 18.7 Å². The van der Waals surface area contributed by atoms with Gasteiger partial charge in [0.15, 0.2) is 0 Å². The number of aryl methyl sites for hydroxylation is 1. The van der Waals surface area contributed by atoms with Crippen LogP contribution in [0.5, 0.6) is 0 Å². The van der Waals surface area contributed by atoms with E-state index in [0.717, 1.165) is 11.1 Å². The summed E-state index contributed by atoms with van der Waals surface area (Å²) in [7, 11) is 0. The molecule has 0 atom stereocenters. The van der Waals surface area contributed by atoms with Crippen LogP contribution in [0.15, 0.2) is 18.2 Å². The lowest BCUT2D eigenvalue weighted by molar-refractivity contribution is -0.143. The molecule has 0 radical (unpaired) electrons. The molecule has 1 aromatic rings. The molecule has 0 aliphatic carbocycles. The smallest absolute Gasteiger partial charge is 0.317 e. The molecule has 0 bridgehead atoms. The number of urea groups is 1. The summed E-state index contributed by atoms with van der Waals surface area (Å²) in [5.41, 5.74) is 1.88. The third-order valence-corrected chi connectivity index (χ3v) is 4.11. The van der Waals surface area contributed by atoms with Crippen molar-refractivity contribution in [3.8, 4) is 0 Å². The molecule has 120 valence electrons. The van der Waals surface area contributed by atoms with E-state index in [4.69, 9.17) is 5.11 Å². The maximum Gasteiger partial charge on any atom is 0.317 e. The van der Waals surface area contributed by atoms with Crippen LogP contribution in [0.25, 0.3) is 0 Å². The van der Waals surface area contributed by atoms with E-state index in [0.29, 0.717) is 38.9 Å². The Bertz CT molecular complexity index is 554. The van der Waals surface area contributed by atoms with Gasteiger partial charge in [-0.15, -0.1) is 0 Å². The topological polar surface area (TPSA) is 69.6 Å². The number of amides is 2. The van der Waals surface area contributed by atoms with Crippen molar-refractivity contribution in [3.63, 3.8) is 0 Å². The lowest BCUT2D eigenvalue weighted by atomic mass is 9.97. The summed E-state index contributed by atoms with van der Waals surface area (Å²) >= 11 is 0. The van der Waals surface area contributed by atoms with Gasteiger partial charge in [0.05, 0.1) is 5.92 Å². The van der Waals surface area contributed by atoms with Crippen molar-refractivity contribution in [1.82, 2.24) is 10.2 Å². The second kappa shape index (κ2) is 7.24. The van der Waals surface area contributed by atoms with Gasteiger partial charge in [0.2, 0.25) is 0 Å². The van der Waals surface area contributed by atoms with E-state index >= 15 is 0 Å². The maximum absolute atomic E-state index is 13.0. The minimum absolute atomic E-state index is 0.163. The number of halogens is 1. The van der Waals surface area contributed by atoms with Crippen LogP contribution in [0.4, 0.5) is 9.18 Å². The van der Waals surface area contributed by atoms with E-state index < -0.39 is 5.97 Å². The van der Waals surface area contributed by atoms with E-state index in [1.54, 1.807) is 11.0 Å². The Balaban J connectivity index is 1.75. The summed E-state index contributed by atoms with van der Waals surface area (Å²) < 4.78 is 13.0. The largest absolute Gasteiger partial charge is 0.481 e. The van der Waals surface area contributed by atoms with Crippen molar-refractivity contribution in [2.45, 2.75) is 26.2 Å². The fourth-order valence-electron chi connectivity index (χ4n) is 2.69. The first-order valence-corrected chi connectivity index (χ1v) is 7.48. The number of hydrogen-bond donors (Lipinski definition) is 2. The van der Waals surface area contributed by atoms with Gasteiger partial charge in [-0.05, 0) is 49.4 Å². The highest BCUT2D eigenvalue weighted by Gasteiger charge is 2.26. The average Bonchev–Trinajstić information content (AvgIpc) is 2.49. The Morgan fingerprint density at radius 3 is 2.64 bits per heavy atom. The monoisotopic (exact) mass is 308 g/mol. The average molecular weight is 308 g/mol. The standard InChI is InChI=1S/C16H21FN2O3/c1-11-10-14(17)3-2-12(11)4-7-18-16(22)19-8-5-13(6-9-19)15(20)21/h2-3,10,13H,4-9H2,1H3,(H,18,22)(H,20,21). The SMILES string of the molecule is Cc1cc(F)ccc1CCNC(=O)N1CCC(C(=O)O)CC1. The lowest BCUT2D eigenvalue weighted by Gasteiger charge is -2.30. The second-order valence-electron chi connectivity index (χ2n) is 5.65. The zero-order valence-electron chi connectivity index (χ0n) is 12.6. The predicted molar refractivity (Wildman–Crippen MR) is 80.2 cm³/mol. The highest BCUT2D eigenvalue weighted by molar-refractivity contribution is 5.75. The molecule has 1 heterocycles. The molecule has 0 aromatic heterocycles. The van der Waals surface area contributed by atoms with Gasteiger partial charge in [0.1, 0.15) is 5.82 Å². The number of benzene rings is 1. The van der Waals surface area contributed by atoms with Gasteiger partial charge in [-0.1, -0.05) is 6.07 Å². The van der Waals surface area contributed by atoms with Crippen molar-refractivity contribution >= 4 is 12.0 Å². The van der Waals surface area contributed by atoms with Gasteiger partial charge in [-0.3, -0.25) is 4.79 Å². The summed E-state index contributed by atoms with van der Waals surface area (Å²) in [6.45, 7) is 3.26. The molecule has 1 aromatic carbocycles. The van der Waals surface area contributed by atoms with Gasteiger partial charge in [0.25, 0.3) is 0 Å². The third kappa shape index (κ3) is 4.19. The number of rotatable bonds is 4. The van der Waals surface area contributed by atoms with Crippen LogP contribution in [0.1, 0.15) is 24.0 Å². The molecule has 2 N–H and O–H groups in total. The molecule has 6 heteroatoms. The Morgan fingerprint density at radius 1 is 1.36 bits per heavy atom. The zero-order valence-corrected chi connectivity index (χ0v) is 12.6. The number of piperidine rings is 1. The molecule has 1 fully saturated rings. The number of nitrogens with one attached hydrogen (secondary N) is 1. The van der Waals surface area contributed by atoms with Crippen LogP contribution in [-0.4, -0.2) is 41.6 Å².